The summed E-state index contributed by atoms with van der Waals surface area (Å²) >= 11 is 0. The van der Waals surface area contributed by atoms with Crippen molar-refractivity contribution >= 4 is 16.0 Å². The van der Waals surface area contributed by atoms with E-state index >= 15 is 0 Å². The Labute approximate surface area is 105 Å². The molecule has 1 aromatic heterocycles. The molecule has 0 spiro atoms. The lowest BCUT2D eigenvalue weighted by molar-refractivity contribution is 0.0691. The summed E-state index contributed by atoms with van der Waals surface area (Å²) in [5.41, 5.74) is -0.364. The summed E-state index contributed by atoms with van der Waals surface area (Å²) in [5.74, 6) is -1.30. The smallest absolute Gasteiger partial charge is 0.340 e. The number of aryl methyl sites for hydroxylation is 2. The summed E-state index contributed by atoms with van der Waals surface area (Å²) in [6.07, 6.45) is 0. The first-order valence-electron chi connectivity index (χ1n) is 5.14. The van der Waals surface area contributed by atoms with Crippen molar-refractivity contribution in [3.8, 4) is 0 Å². The highest BCUT2D eigenvalue weighted by Gasteiger charge is 2.33. The lowest BCUT2D eigenvalue weighted by atomic mass is 10.2. The van der Waals surface area contributed by atoms with Crippen LogP contribution in [0.25, 0.3) is 0 Å². The Hall–Kier alpha value is -1.38. The van der Waals surface area contributed by atoms with Gasteiger partial charge in [-0.1, -0.05) is 0 Å². The Bertz CT molecular complexity index is 559. The van der Waals surface area contributed by atoms with Gasteiger partial charge in [-0.05, 0) is 13.8 Å². The molecule has 0 aliphatic carbocycles. The van der Waals surface area contributed by atoms with Crippen LogP contribution >= 0.6 is 0 Å². The highest BCUT2D eigenvalue weighted by atomic mass is 32.2. The van der Waals surface area contributed by atoms with Crippen LogP contribution in [0.15, 0.2) is 9.31 Å². The number of carbonyl (C=O) groups is 1. The molecular weight excluding hydrogens is 262 g/mol. The topological polar surface area (TPSA) is 108 Å². The molecule has 0 unspecified atom stereocenters. The van der Waals surface area contributed by atoms with Gasteiger partial charge in [0.25, 0.3) is 0 Å². The molecule has 0 aliphatic rings. The number of rotatable bonds is 5. The van der Waals surface area contributed by atoms with Crippen molar-refractivity contribution < 1.29 is 27.8 Å². The van der Waals surface area contributed by atoms with Crippen molar-refractivity contribution in [3.63, 3.8) is 0 Å². The van der Waals surface area contributed by atoms with Gasteiger partial charge in [0.15, 0.2) is 0 Å². The number of carboxylic acids is 1. The van der Waals surface area contributed by atoms with Crippen LogP contribution in [0.4, 0.5) is 0 Å². The normalized spacial score (nSPS) is 12.1. The van der Waals surface area contributed by atoms with Gasteiger partial charge in [-0.15, -0.1) is 0 Å². The van der Waals surface area contributed by atoms with Gasteiger partial charge in [0.05, 0.1) is 6.61 Å². The molecule has 18 heavy (non-hydrogen) atoms. The molecule has 0 saturated heterocycles. The van der Waals surface area contributed by atoms with Crippen LogP contribution in [0.2, 0.25) is 0 Å². The van der Waals surface area contributed by atoms with E-state index in [2.05, 4.69) is 0 Å². The van der Waals surface area contributed by atoms with Crippen LogP contribution < -0.4 is 0 Å². The molecule has 0 aliphatic heterocycles. The first-order valence-corrected chi connectivity index (χ1v) is 6.58. The molecule has 0 radical (unpaired) electrons. The zero-order chi connectivity index (χ0) is 14.1. The molecule has 8 heteroatoms. The average Bonchev–Trinajstić information content (AvgIpc) is 2.54. The Morgan fingerprint density at radius 1 is 1.33 bits per heavy atom. The second-order valence-electron chi connectivity index (χ2n) is 3.77. The quantitative estimate of drug-likeness (QED) is 0.796. The minimum atomic E-state index is -3.99. The monoisotopic (exact) mass is 277 g/mol. The first kappa shape index (κ1) is 14.7. The number of sulfonamides is 1. The number of furan rings is 1. The maximum atomic E-state index is 12.2. The van der Waals surface area contributed by atoms with Crippen LogP contribution in [-0.4, -0.2) is 49.1 Å². The summed E-state index contributed by atoms with van der Waals surface area (Å²) in [6, 6.07) is 0. The Kier molecular flexibility index (Phi) is 4.15. The number of aromatic carboxylic acids is 1. The van der Waals surface area contributed by atoms with Crippen molar-refractivity contribution in [1.82, 2.24) is 4.31 Å². The average molecular weight is 277 g/mol. The molecule has 0 saturated carbocycles. The van der Waals surface area contributed by atoms with Crippen molar-refractivity contribution in [3.05, 3.63) is 17.1 Å². The van der Waals surface area contributed by atoms with Crippen LogP contribution in [0.3, 0.4) is 0 Å². The SMILES string of the molecule is Cc1oc(C)c(S(=O)(=O)N(C)CCO)c1C(=O)O. The van der Waals surface area contributed by atoms with E-state index in [1.165, 1.54) is 20.9 Å². The van der Waals surface area contributed by atoms with Crippen molar-refractivity contribution in [2.24, 2.45) is 0 Å². The summed E-state index contributed by atoms with van der Waals surface area (Å²) in [4.78, 5) is 10.7. The van der Waals surface area contributed by atoms with Crippen molar-refractivity contribution in [2.75, 3.05) is 20.2 Å². The maximum Gasteiger partial charge on any atom is 0.340 e. The third kappa shape index (κ3) is 2.40. The lowest BCUT2D eigenvalue weighted by Gasteiger charge is -2.15. The second kappa shape index (κ2) is 5.09. The van der Waals surface area contributed by atoms with Crippen molar-refractivity contribution in [2.45, 2.75) is 18.7 Å². The zero-order valence-corrected chi connectivity index (χ0v) is 11.1. The van der Waals surface area contributed by atoms with Gasteiger partial charge in [0.1, 0.15) is 22.0 Å². The van der Waals surface area contributed by atoms with E-state index in [1.54, 1.807) is 0 Å². The Morgan fingerprint density at radius 2 is 1.89 bits per heavy atom. The molecule has 0 atom stereocenters. The van der Waals surface area contributed by atoms with Crippen LogP contribution in [0.1, 0.15) is 21.9 Å². The van der Waals surface area contributed by atoms with E-state index in [0.717, 1.165) is 4.31 Å². The molecule has 1 rings (SSSR count). The van der Waals surface area contributed by atoms with Gasteiger partial charge in [0.2, 0.25) is 10.0 Å². The summed E-state index contributed by atoms with van der Waals surface area (Å²) in [6.45, 7) is 2.31. The van der Waals surface area contributed by atoms with E-state index in [4.69, 9.17) is 14.6 Å². The molecule has 102 valence electrons. The number of likely N-dealkylation sites (N-methyl/N-ethyl adjacent to an activating group) is 1. The Morgan fingerprint density at radius 3 is 2.33 bits per heavy atom. The molecule has 0 aromatic carbocycles. The fraction of sp³-hybridized carbons (Fsp3) is 0.500. The third-order valence-corrected chi connectivity index (χ3v) is 4.51. The van der Waals surface area contributed by atoms with E-state index in [9.17, 15) is 13.2 Å². The first-order chi connectivity index (χ1) is 8.23. The van der Waals surface area contributed by atoms with Crippen molar-refractivity contribution in [1.29, 1.82) is 0 Å². The number of nitrogens with zero attached hydrogens (tertiary/aromatic N) is 1. The summed E-state index contributed by atoms with van der Waals surface area (Å²) in [7, 11) is -2.73. The predicted molar refractivity (Wildman–Crippen MR) is 62.0 cm³/mol. The lowest BCUT2D eigenvalue weighted by Crippen LogP contribution is -2.30. The van der Waals surface area contributed by atoms with E-state index in [0.29, 0.717) is 0 Å². The van der Waals surface area contributed by atoms with E-state index in [-0.39, 0.29) is 35.1 Å². The number of aliphatic hydroxyl groups is 1. The number of carboxylic acid groups (broad SMARTS) is 1. The van der Waals surface area contributed by atoms with Gasteiger partial charge in [-0.2, -0.15) is 4.31 Å². The summed E-state index contributed by atoms with van der Waals surface area (Å²) < 4.78 is 30.3. The fourth-order valence-corrected chi connectivity index (χ4v) is 3.17. The minimum absolute atomic E-state index is 0.0229. The van der Waals surface area contributed by atoms with Gasteiger partial charge in [-0.25, -0.2) is 13.2 Å². The van der Waals surface area contributed by atoms with Crippen LogP contribution in [0.5, 0.6) is 0 Å². The molecule has 1 aromatic rings. The van der Waals surface area contributed by atoms with Crippen LogP contribution in [0, 0.1) is 13.8 Å². The van der Waals surface area contributed by atoms with Gasteiger partial charge in [0, 0.05) is 13.6 Å². The molecule has 0 bridgehead atoms. The van der Waals surface area contributed by atoms with Crippen LogP contribution in [-0.2, 0) is 10.0 Å². The highest BCUT2D eigenvalue weighted by Crippen LogP contribution is 2.28. The van der Waals surface area contributed by atoms with E-state index in [1.807, 2.05) is 0 Å². The summed E-state index contributed by atoms with van der Waals surface area (Å²) in [5, 5.41) is 17.8. The van der Waals surface area contributed by atoms with Gasteiger partial charge >= 0.3 is 5.97 Å². The predicted octanol–water partition coefficient (Wildman–Crippen LogP) is 0.207. The maximum absolute atomic E-state index is 12.2. The van der Waals surface area contributed by atoms with Gasteiger partial charge < -0.3 is 14.6 Å². The fourth-order valence-electron chi connectivity index (χ4n) is 1.64. The minimum Gasteiger partial charge on any atom is -0.478 e. The number of hydrogen-bond acceptors (Lipinski definition) is 5. The Balaban J connectivity index is 3.46. The molecule has 1 heterocycles. The molecule has 7 nitrogen and oxygen atoms in total. The number of hydrogen-bond donors (Lipinski definition) is 2. The molecule has 0 amide bonds. The third-order valence-electron chi connectivity index (χ3n) is 2.50. The molecular formula is C10H15NO6S. The molecule has 2 N–H and O–H groups in total. The standard InChI is InChI=1S/C10H15NO6S/c1-6-8(10(13)14)9(7(2)17-6)18(15,16)11(3)4-5-12/h12H,4-5H2,1-3H3,(H,13,14). The molecule has 0 fully saturated rings. The van der Waals surface area contributed by atoms with E-state index < -0.39 is 16.0 Å². The van der Waals surface area contributed by atoms with Gasteiger partial charge in [-0.3, -0.25) is 0 Å². The highest BCUT2D eigenvalue weighted by molar-refractivity contribution is 7.89. The zero-order valence-electron chi connectivity index (χ0n) is 10.3. The number of aliphatic hydroxyl groups excluding tert-OH is 1. The second-order valence-corrected chi connectivity index (χ2v) is 5.76. The largest absolute Gasteiger partial charge is 0.478 e.